The van der Waals surface area contributed by atoms with Gasteiger partial charge in [-0.15, -0.1) is 0 Å². The molecule has 0 amide bonds. The average Bonchev–Trinajstić information content (AvgIpc) is 2.80. The minimum atomic E-state index is -1.21. The number of halogens is 2. The van der Waals surface area contributed by atoms with Crippen molar-refractivity contribution >= 4 is 11.6 Å². The van der Waals surface area contributed by atoms with Crippen LogP contribution in [0.25, 0.3) is 16.9 Å². The van der Waals surface area contributed by atoms with Crippen molar-refractivity contribution < 1.29 is 14.2 Å². The zero-order chi connectivity index (χ0) is 25.3. The van der Waals surface area contributed by atoms with Crippen molar-refractivity contribution in [2.24, 2.45) is 0 Å². The van der Waals surface area contributed by atoms with E-state index in [-0.39, 0.29) is 23.3 Å². The van der Waals surface area contributed by atoms with Gasteiger partial charge in [-0.05, 0) is 57.5 Å². The van der Waals surface area contributed by atoms with E-state index in [9.17, 15) is 14.3 Å². The third kappa shape index (κ3) is 5.21. The summed E-state index contributed by atoms with van der Waals surface area (Å²) in [4.78, 5) is 30.0. The number of hydrogen-bond donors (Lipinski definition) is 1. The number of pyridine rings is 1. The number of ether oxygens (including phenoxy) is 1. The van der Waals surface area contributed by atoms with Gasteiger partial charge in [0.05, 0.1) is 17.1 Å². The highest BCUT2D eigenvalue weighted by Gasteiger charge is 2.22. The standard InChI is InChI=1S/C25H23ClFN5O3/c1-14-12-28-24(25(3,4)34)31-21(14)16-7-5-9-18(11-16)32-15(2)29-22(20(26)23(32)33)35-13-17-8-6-10-19(27)30-17/h5-12,34H,13H2,1-4H3. The molecule has 8 nitrogen and oxygen atoms in total. The predicted molar refractivity (Wildman–Crippen MR) is 129 cm³/mol. The third-order valence-electron chi connectivity index (χ3n) is 5.19. The number of rotatable bonds is 6. The van der Waals surface area contributed by atoms with E-state index >= 15 is 0 Å². The molecule has 0 fully saturated rings. The van der Waals surface area contributed by atoms with E-state index in [0.717, 1.165) is 11.1 Å². The van der Waals surface area contributed by atoms with Crippen LogP contribution in [0.2, 0.25) is 5.02 Å². The molecule has 180 valence electrons. The van der Waals surface area contributed by atoms with E-state index < -0.39 is 17.1 Å². The minimum absolute atomic E-state index is 0.0610. The third-order valence-corrected chi connectivity index (χ3v) is 5.52. The molecule has 0 aliphatic rings. The molecule has 35 heavy (non-hydrogen) atoms. The summed E-state index contributed by atoms with van der Waals surface area (Å²) < 4.78 is 20.2. The van der Waals surface area contributed by atoms with Crippen molar-refractivity contribution in [2.45, 2.75) is 39.9 Å². The normalized spacial score (nSPS) is 11.5. The summed E-state index contributed by atoms with van der Waals surface area (Å²) in [5.41, 5.74) is 1.31. The van der Waals surface area contributed by atoms with Gasteiger partial charge < -0.3 is 9.84 Å². The highest BCUT2D eigenvalue weighted by molar-refractivity contribution is 6.31. The lowest BCUT2D eigenvalue weighted by atomic mass is 10.0. The molecule has 3 aromatic heterocycles. The van der Waals surface area contributed by atoms with Gasteiger partial charge in [0, 0.05) is 11.8 Å². The Balaban J connectivity index is 1.71. The zero-order valence-electron chi connectivity index (χ0n) is 19.6. The van der Waals surface area contributed by atoms with Gasteiger partial charge >= 0.3 is 0 Å². The van der Waals surface area contributed by atoms with Gasteiger partial charge in [0.25, 0.3) is 5.56 Å². The Morgan fingerprint density at radius 3 is 2.57 bits per heavy atom. The Bertz CT molecular complexity index is 1470. The van der Waals surface area contributed by atoms with Gasteiger partial charge in [-0.25, -0.2) is 15.0 Å². The smallest absolute Gasteiger partial charge is 0.280 e. The molecule has 10 heteroatoms. The van der Waals surface area contributed by atoms with Crippen LogP contribution in [0.5, 0.6) is 5.88 Å². The van der Waals surface area contributed by atoms with E-state index in [4.69, 9.17) is 16.3 Å². The Morgan fingerprint density at radius 1 is 1.11 bits per heavy atom. The second-order valence-electron chi connectivity index (χ2n) is 8.49. The largest absolute Gasteiger partial charge is 0.470 e. The van der Waals surface area contributed by atoms with Crippen molar-refractivity contribution in [1.29, 1.82) is 0 Å². The highest BCUT2D eigenvalue weighted by Crippen LogP contribution is 2.27. The van der Waals surface area contributed by atoms with Crippen molar-refractivity contribution in [3.05, 3.63) is 92.9 Å². The summed E-state index contributed by atoms with van der Waals surface area (Å²) in [5.74, 6) is -0.0643. The number of aryl methyl sites for hydroxylation is 2. The Kier molecular flexibility index (Phi) is 6.64. The fourth-order valence-electron chi connectivity index (χ4n) is 3.48. The van der Waals surface area contributed by atoms with E-state index in [1.54, 1.807) is 51.2 Å². The topological polar surface area (TPSA) is 103 Å². The van der Waals surface area contributed by atoms with E-state index in [1.807, 2.05) is 13.0 Å². The molecule has 0 aliphatic carbocycles. The van der Waals surface area contributed by atoms with E-state index in [2.05, 4.69) is 19.9 Å². The lowest BCUT2D eigenvalue weighted by Gasteiger charge is -2.18. The molecule has 0 aliphatic heterocycles. The van der Waals surface area contributed by atoms with Crippen molar-refractivity contribution in [1.82, 2.24) is 24.5 Å². The molecule has 3 heterocycles. The van der Waals surface area contributed by atoms with Crippen molar-refractivity contribution in [2.75, 3.05) is 0 Å². The van der Waals surface area contributed by atoms with Crippen molar-refractivity contribution in [3.8, 4) is 22.8 Å². The molecule has 1 N–H and O–H groups in total. The molecule has 4 rings (SSSR count). The zero-order valence-corrected chi connectivity index (χ0v) is 20.3. The van der Waals surface area contributed by atoms with Gasteiger partial charge in [0.2, 0.25) is 11.8 Å². The Hall–Kier alpha value is -3.69. The lowest BCUT2D eigenvalue weighted by molar-refractivity contribution is 0.0688. The average molecular weight is 496 g/mol. The van der Waals surface area contributed by atoms with Crippen LogP contribution in [0.1, 0.15) is 36.8 Å². The maximum absolute atomic E-state index is 13.3. The minimum Gasteiger partial charge on any atom is -0.470 e. The maximum atomic E-state index is 13.3. The number of benzene rings is 1. The van der Waals surface area contributed by atoms with Gasteiger partial charge in [-0.3, -0.25) is 9.36 Å². The first kappa shape index (κ1) is 24.4. The van der Waals surface area contributed by atoms with Crippen LogP contribution >= 0.6 is 11.6 Å². The van der Waals surface area contributed by atoms with Gasteiger partial charge in [0.1, 0.15) is 18.0 Å². The van der Waals surface area contributed by atoms with Crippen LogP contribution in [-0.4, -0.2) is 29.6 Å². The summed E-state index contributed by atoms with van der Waals surface area (Å²) in [5, 5.41) is 10.1. The fraction of sp³-hybridized carbons (Fsp3) is 0.240. The molecule has 0 radical (unpaired) electrons. The first-order valence-corrected chi connectivity index (χ1v) is 11.1. The van der Waals surface area contributed by atoms with E-state index in [1.165, 1.54) is 16.7 Å². The summed E-state index contributed by atoms with van der Waals surface area (Å²) >= 11 is 6.31. The number of aromatic nitrogens is 5. The molecule has 0 atom stereocenters. The number of hydrogen-bond acceptors (Lipinski definition) is 7. The lowest BCUT2D eigenvalue weighted by Crippen LogP contribution is -2.23. The Morgan fingerprint density at radius 2 is 1.86 bits per heavy atom. The highest BCUT2D eigenvalue weighted by atomic mass is 35.5. The summed E-state index contributed by atoms with van der Waals surface area (Å²) in [6, 6.07) is 11.5. The fourth-order valence-corrected chi connectivity index (χ4v) is 3.66. The summed E-state index contributed by atoms with van der Waals surface area (Å²) in [6.45, 7) is 6.65. The van der Waals surface area contributed by atoms with Crippen LogP contribution in [0.3, 0.4) is 0 Å². The quantitative estimate of drug-likeness (QED) is 0.398. The van der Waals surface area contributed by atoms with E-state index in [0.29, 0.717) is 22.9 Å². The van der Waals surface area contributed by atoms with Gasteiger partial charge in [-0.1, -0.05) is 29.8 Å². The molecule has 1 aromatic carbocycles. The molecular formula is C25H23ClFN5O3. The SMILES string of the molecule is Cc1cnc(C(C)(C)O)nc1-c1cccc(-n2c(C)nc(OCc3cccc(F)n3)c(Cl)c2=O)c1. The van der Waals surface area contributed by atoms with Crippen LogP contribution in [0, 0.1) is 19.8 Å². The second-order valence-corrected chi connectivity index (χ2v) is 8.87. The Labute approximate surface area is 206 Å². The maximum Gasteiger partial charge on any atom is 0.280 e. The summed E-state index contributed by atoms with van der Waals surface area (Å²) in [7, 11) is 0. The van der Waals surface area contributed by atoms with Crippen LogP contribution in [0.15, 0.2) is 53.5 Å². The van der Waals surface area contributed by atoms with Crippen LogP contribution in [0.4, 0.5) is 4.39 Å². The monoisotopic (exact) mass is 495 g/mol. The van der Waals surface area contributed by atoms with Crippen molar-refractivity contribution in [3.63, 3.8) is 0 Å². The first-order valence-electron chi connectivity index (χ1n) is 10.8. The molecule has 0 unspecified atom stereocenters. The molecule has 0 saturated carbocycles. The van der Waals surface area contributed by atoms with Gasteiger partial charge in [-0.2, -0.15) is 9.37 Å². The van der Waals surface area contributed by atoms with Gasteiger partial charge in [0.15, 0.2) is 10.8 Å². The summed E-state index contributed by atoms with van der Waals surface area (Å²) in [6.07, 6.45) is 1.65. The first-order chi connectivity index (χ1) is 16.5. The predicted octanol–water partition coefficient (Wildman–Crippen LogP) is 4.30. The number of nitrogens with zero attached hydrogens (tertiary/aromatic N) is 5. The molecule has 0 saturated heterocycles. The molecular weight excluding hydrogens is 473 g/mol. The van der Waals surface area contributed by atoms with Crippen LogP contribution < -0.4 is 10.3 Å². The number of aliphatic hydroxyl groups is 1. The second kappa shape index (κ2) is 9.52. The van der Waals surface area contributed by atoms with Crippen LogP contribution in [-0.2, 0) is 12.2 Å². The molecule has 0 bridgehead atoms. The molecule has 4 aromatic rings. The molecule has 0 spiro atoms.